The Morgan fingerprint density at radius 1 is 1.29 bits per heavy atom. The highest BCUT2D eigenvalue weighted by Gasteiger charge is 2.22. The number of rotatable bonds is 4. The molecule has 0 amide bonds. The Bertz CT molecular complexity index is 625. The molecule has 0 aromatic carbocycles. The van der Waals surface area contributed by atoms with Crippen LogP contribution >= 0.6 is 11.3 Å². The van der Waals surface area contributed by atoms with Gasteiger partial charge in [0.25, 0.3) is 0 Å². The van der Waals surface area contributed by atoms with Crippen LogP contribution < -0.4 is 21.5 Å². The van der Waals surface area contributed by atoms with Crippen molar-refractivity contribution in [1.82, 2.24) is 15.0 Å². The zero-order valence-electron chi connectivity index (χ0n) is 12.1. The molecule has 0 spiro atoms. The lowest BCUT2D eigenvalue weighted by Crippen LogP contribution is -2.21. The number of nitrogens with one attached hydrogen (secondary N) is 2. The molecule has 0 bridgehead atoms. The predicted octanol–water partition coefficient (Wildman–Crippen LogP) is 1.77. The van der Waals surface area contributed by atoms with Gasteiger partial charge in [-0.1, -0.05) is 0 Å². The van der Waals surface area contributed by atoms with Gasteiger partial charge in [0, 0.05) is 19.0 Å². The molecule has 0 saturated carbocycles. The van der Waals surface area contributed by atoms with Crippen molar-refractivity contribution in [2.45, 2.75) is 25.3 Å². The molecule has 1 aliphatic rings. The molecule has 112 valence electrons. The molecule has 0 fully saturated rings. The van der Waals surface area contributed by atoms with E-state index in [1.807, 2.05) is 30.3 Å². The summed E-state index contributed by atoms with van der Waals surface area (Å²) in [6.45, 7) is 0. The van der Waals surface area contributed by atoms with Gasteiger partial charge in [0.05, 0.1) is 6.04 Å². The smallest absolute Gasteiger partial charge is 0.243 e. The monoisotopic (exact) mass is 305 g/mol. The fourth-order valence-electron chi connectivity index (χ4n) is 2.49. The average Bonchev–Trinajstić information content (AvgIpc) is 2.96. The van der Waals surface area contributed by atoms with Gasteiger partial charge in [-0.3, -0.25) is 5.43 Å². The Morgan fingerprint density at radius 2 is 2.10 bits per heavy atom. The molecule has 4 N–H and O–H groups in total. The first-order valence-corrected chi connectivity index (χ1v) is 7.78. The maximum Gasteiger partial charge on any atom is 0.243 e. The molecule has 1 aliphatic carbocycles. The Balaban J connectivity index is 1.87. The quantitative estimate of drug-likeness (QED) is 0.585. The van der Waals surface area contributed by atoms with Crippen LogP contribution in [0.1, 0.15) is 29.3 Å². The van der Waals surface area contributed by atoms with Crippen molar-refractivity contribution in [2.75, 3.05) is 29.7 Å². The Labute approximate surface area is 127 Å². The Morgan fingerprint density at radius 3 is 2.86 bits per heavy atom. The van der Waals surface area contributed by atoms with E-state index in [0.29, 0.717) is 17.8 Å². The SMILES string of the molecule is CN(C)c1nc(NN)nc(NC2CCCc3sccc32)n1. The third-order valence-corrected chi connectivity index (χ3v) is 4.50. The van der Waals surface area contributed by atoms with Gasteiger partial charge in [-0.15, -0.1) is 11.3 Å². The first kappa shape index (κ1) is 14.0. The summed E-state index contributed by atoms with van der Waals surface area (Å²) in [6, 6.07) is 2.44. The number of anilines is 3. The van der Waals surface area contributed by atoms with E-state index in [-0.39, 0.29) is 6.04 Å². The standard InChI is InChI=1S/C13H19N7S/c1-20(2)13-17-11(16-12(18-13)19-14)15-9-4-3-5-10-8(9)6-7-21-10/h6-7,9H,3-5,14H2,1-2H3,(H2,15,16,17,18,19). The number of aromatic nitrogens is 3. The van der Waals surface area contributed by atoms with E-state index in [1.54, 1.807) is 0 Å². The van der Waals surface area contributed by atoms with E-state index in [2.05, 4.69) is 37.1 Å². The van der Waals surface area contributed by atoms with Crippen LogP contribution in [-0.4, -0.2) is 29.0 Å². The van der Waals surface area contributed by atoms with Crippen LogP contribution in [0.25, 0.3) is 0 Å². The lowest BCUT2D eigenvalue weighted by molar-refractivity contribution is 0.604. The van der Waals surface area contributed by atoms with E-state index >= 15 is 0 Å². The van der Waals surface area contributed by atoms with Gasteiger partial charge in [-0.25, -0.2) is 5.84 Å². The van der Waals surface area contributed by atoms with Crippen molar-refractivity contribution >= 4 is 29.2 Å². The summed E-state index contributed by atoms with van der Waals surface area (Å²) in [5, 5.41) is 5.56. The van der Waals surface area contributed by atoms with Crippen molar-refractivity contribution < 1.29 is 0 Å². The zero-order valence-corrected chi connectivity index (χ0v) is 12.9. The molecular weight excluding hydrogens is 286 g/mol. The van der Waals surface area contributed by atoms with Crippen LogP contribution in [0, 0.1) is 0 Å². The van der Waals surface area contributed by atoms with Crippen molar-refractivity contribution in [2.24, 2.45) is 5.84 Å². The first-order chi connectivity index (χ1) is 10.2. The van der Waals surface area contributed by atoms with Gasteiger partial charge in [0.15, 0.2) is 0 Å². The van der Waals surface area contributed by atoms with Crippen molar-refractivity contribution in [3.63, 3.8) is 0 Å². The number of hydrogen-bond donors (Lipinski definition) is 3. The summed E-state index contributed by atoms with van der Waals surface area (Å²) >= 11 is 1.82. The molecule has 1 atom stereocenters. The summed E-state index contributed by atoms with van der Waals surface area (Å²) in [5.74, 6) is 6.91. The number of nitrogens with zero attached hydrogens (tertiary/aromatic N) is 4. The van der Waals surface area contributed by atoms with Crippen molar-refractivity contribution in [3.8, 4) is 0 Å². The van der Waals surface area contributed by atoms with Crippen LogP contribution in [0.15, 0.2) is 11.4 Å². The number of nitrogen functional groups attached to an aromatic ring is 1. The normalized spacial score (nSPS) is 17.2. The second kappa shape index (κ2) is 5.82. The Kier molecular flexibility index (Phi) is 3.89. The van der Waals surface area contributed by atoms with Gasteiger partial charge < -0.3 is 10.2 Å². The molecule has 2 aromatic heterocycles. The minimum Gasteiger partial charge on any atom is -0.347 e. The minimum absolute atomic E-state index is 0.253. The van der Waals surface area contributed by atoms with Crippen LogP contribution in [0.4, 0.5) is 17.8 Å². The molecule has 0 aliphatic heterocycles. The van der Waals surface area contributed by atoms with Gasteiger partial charge in [0.1, 0.15) is 0 Å². The van der Waals surface area contributed by atoms with Crippen LogP contribution in [0.5, 0.6) is 0 Å². The van der Waals surface area contributed by atoms with Gasteiger partial charge in [0.2, 0.25) is 17.8 Å². The second-order valence-corrected chi connectivity index (χ2v) is 6.21. The number of hydrazine groups is 1. The number of nitrogens with two attached hydrogens (primary N) is 1. The van der Waals surface area contributed by atoms with E-state index in [1.165, 1.54) is 23.3 Å². The third-order valence-electron chi connectivity index (χ3n) is 3.51. The van der Waals surface area contributed by atoms with Crippen LogP contribution in [0.3, 0.4) is 0 Å². The summed E-state index contributed by atoms with van der Waals surface area (Å²) in [4.78, 5) is 16.2. The fraction of sp³-hybridized carbons (Fsp3) is 0.462. The zero-order chi connectivity index (χ0) is 14.8. The first-order valence-electron chi connectivity index (χ1n) is 6.90. The van der Waals surface area contributed by atoms with E-state index in [0.717, 1.165) is 6.42 Å². The van der Waals surface area contributed by atoms with Crippen LogP contribution in [0.2, 0.25) is 0 Å². The maximum atomic E-state index is 5.43. The molecule has 0 saturated heterocycles. The molecule has 1 unspecified atom stereocenters. The van der Waals surface area contributed by atoms with Crippen molar-refractivity contribution in [3.05, 3.63) is 21.9 Å². The highest BCUT2D eigenvalue weighted by atomic mass is 32.1. The summed E-state index contributed by atoms with van der Waals surface area (Å²) < 4.78 is 0. The number of thiophene rings is 1. The predicted molar refractivity (Wildman–Crippen MR) is 85.6 cm³/mol. The molecular formula is C13H19N7S. The second-order valence-electron chi connectivity index (χ2n) is 5.21. The highest BCUT2D eigenvalue weighted by Crippen LogP contribution is 2.35. The van der Waals surface area contributed by atoms with Gasteiger partial charge in [-0.2, -0.15) is 15.0 Å². The van der Waals surface area contributed by atoms with E-state index in [9.17, 15) is 0 Å². The number of fused-ring (bicyclic) bond motifs is 1. The minimum atomic E-state index is 0.253. The molecule has 3 rings (SSSR count). The molecule has 0 radical (unpaired) electrons. The van der Waals surface area contributed by atoms with E-state index < -0.39 is 0 Å². The van der Waals surface area contributed by atoms with Crippen LogP contribution in [-0.2, 0) is 6.42 Å². The number of hydrogen-bond acceptors (Lipinski definition) is 8. The Hall–Kier alpha value is -1.93. The maximum absolute atomic E-state index is 5.43. The molecule has 2 aromatic rings. The summed E-state index contributed by atoms with van der Waals surface area (Å²) in [6.07, 6.45) is 3.43. The number of aryl methyl sites for hydroxylation is 1. The molecule has 8 heteroatoms. The fourth-order valence-corrected chi connectivity index (χ4v) is 3.47. The highest BCUT2D eigenvalue weighted by molar-refractivity contribution is 7.10. The van der Waals surface area contributed by atoms with Gasteiger partial charge in [-0.05, 0) is 36.3 Å². The summed E-state index contributed by atoms with van der Waals surface area (Å²) in [7, 11) is 3.77. The van der Waals surface area contributed by atoms with Gasteiger partial charge >= 0.3 is 0 Å². The average molecular weight is 305 g/mol. The lowest BCUT2D eigenvalue weighted by Gasteiger charge is -2.24. The topological polar surface area (TPSA) is 92.0 Å². The molecule has 2 heterocycles. The molecule has 21 heavy (non-hydrogen) atoms. The largest absolute Gasteiger partial charge is 0.347 e. The van der Waals surface area contributed by atoms with Crippen molar-refractivity contribution in [1.29, 1.82) is 0 Å². The van der Waals surface area contributed by atoms with E-state index in [4.69, 9.17) is 5.84 Å². The lowest BCUT2D eigenvalue weighted by atomic mass is 9.94. The third kappa shape index (κ3) is 2.91. The molecule has 7 nitrogen and oxygen atoms in total. The summed E-state index contributed by atoms with van der Waals surface area (Å²) in [5.41, 5.74) is 3.85.